The standard InChI is InChI=1S/C13H16Cl2N2O2/c14-9-3-4-11(15)12(6-9)16-8-13(18)17-7-10-2-1-5-19-10/h3-4,6,10,16H,1-2,5,7-8H2,(H,17,18). The predicted molar refractivity (Wildman–Crippen MR) is 76.9 cm³/mol. The molecule has 1 heterocycles. The number of amides is 1. The Kier molecular flexibility index (Phi) is 5.31. The number of hydrogen-bond donors (Lipinski definition) is 2. The van der Waals surface area contributed by atoms with Crippen LogP contribution in [0.15, 0.2) is 18.2 Å². The van der Waals surface area contributed by atoms with Gasteiger partial charge in [-0.2, -0.15) is 0 Å². The van der Waals surface area contributed by atoms with Crippen molar-refractivity contribution in [1.29, 1.82) is 0 Å². The Morgan fingerprint density at radius 2 is 2.26 bits per heavy atom. The van der Waals surface area contributed by atoms with Gasteiger partial charge < -0.3 is 15.4 Å². The first-order valence-electron chi connectivity index (χ1n) is 6.22. The van der Waals surface area contributed by atoms with Crippen molar-refractivity contribution >= 4 is 34.8 Å². The van der Waals surface area contributed by atoms with Gasteiger partial charge in [0.2, 0.25) is 5.91 Å². The molecular formula is C13H16Cl2N2O2. The van der Waals surface area contributed by atoms with E-state index >= 15 is 0 Å². The molecule has 104 valence electrons. The smallest absolute Gasteiger partial charge is 0.239 e. The number of hydrogen-bond acceptors (Lipinski definition) is 3. The Morgan fingerprint density at radius 3 is 3.00 bits per heavy atom. The molecule has 1 unspecified atom stereocenters. The summed E-state index contributed by atoms with van der Waals surface area (Å²) in [7, 11) is 0. The zero-order chi connectivity index (χ0) is 13.7. The summed E-state index contributed by atoms with van der Waals surface area (Å²) in [5.74, 6) is -0.0912. The van der Waals surface area contributed by atoms with Crippen LogP contribution in [-0.2, 0) is 9.53 Å². The first-order chi connectivity index (χ1) is 9.15. The summed E-state index contributed by atoms with van der Waals surface area (Å²) in [6.45, 7) is 1.51. The van der Waals surface area contributed by atoms with E-state index in [1.54, 1.807) is 18.2 Å². The third-order valence-electron chi connectivity index (χ3n) is 2.92. The first-order valence-corrected chi connectivity index (χ1v) is 6.98. The van der Waals surface area contributed by atoms with Crippen LogP contribution >= 0.6 is 23.2 Å². The van der Waals surface area contributed by atoms with Crippen LogP contribution < -0.4 is 10.6 Å². The van der Waals surface area contributed by atoms with E-state index in [2.05, 4.69) is 10.6 Å². The van der Waals surface area contributed by atoms with Gasteiger partial charge in [0.15, 0.2) is 0 Å². The van der Waals surface area contributed by atoms with Gasteiger partial charge in [-0.1, -0.05) is 23.2 Å². The molecule has 6 heteroatoms. The van der Waals surface area contributed by atoms with Crippen LogP contribution in [0.1, 0.15) is 12.8 Å². The molecule has 1 aromatic carbocycles. The summed E-state index contributed by atoms with van der Waals surface area (Å²) in [5, 5.41) is 6.90. The van der Waals surface area contributed by atoms with Crippen LogP contribution in [0.2, 0.25) is 10.0 Å². The van der Waals surface area contributed by atoms with Gasteiger partial charge in [-0.15, -0.1) is 0 Å². The van der Waals surface area contributed by atoms with Crippen LogP contribution in [0.4, 0.5) is 5.69 Å². The fraction of sp³-hybridized carbons (Fsp3) is 0.462. The maximum absolute atomic E-state index is 11.7. The van der Waals surface area contributed by atoms with E-state index in [-0.39, 0.29) is 18.6 Å². The summed E-state index contributed by atoms with van der Waals surface area (Å²) in [6, 6.07) is 5.08. The van der Waals surface area contributed by atoms with E-state index in [9.17, 15) is 4.79 Å². The summed E-state index contributed by atoms with van der Waals surface area (Å²) in [5.41, 5.74) is 0.654. The Labute approximate surface area is 122 Å². The van der Waals surface area contributed by atoms with Gasteiger partial charge in [-0.25, -0.2) is 0 Å². The van der Waals surface area contributed by atoms with Crippen molar-refractivity contribution < 1.29 is 9.53 Å². The van der Waals surface area contributed by atoms with E-state index in [4.69, 9.17) is 27.9 Å². The molecule has 1 aliphatic heterocycles. The van der Waals surface area contributed by atoms with Gasteiger partial charge in [-0.3, -0.25) is 4.79 Å². The highest BCUT2D eigenvalue weighted by Crippen LogP contribution is 2.25. The number of ether oxygens (including phenoxy) is 1. The molecule has 0 bridgehead atoms. The minimum atomic E-state index is -0.0912. The normalized spacial score (nSPS) is 18.3. The van der Waals surface area contributed by atoms with Crippen LogP contribution in [0, 0.1) is 0 Å². The van der Waals surface area contributed by atoms with Crippen molar-refractivity contribution in [2.45, 2.75) is 18.9 Å². The highest BCUT2D eigenvalue weighted by atomic mass is 35.5. The monoisotopic (exact) mass is 302 g/mol. The van der Waals surface area contributed by atoms with Gasteiger partial charge in [0.1, 0.15) is 0 Å². The fourth-order valence-corrected chi connectivity index (χ4v) is 2.26. The van der Waals surface area contributed by atoms with Crippen molar-refractivity contribution in [2.75, 3.05) is 25.0 Å². The molecule has 0 saturated carbocycles. The molecule has 2 rings (SSSR count). The number of anilines is 1. The zero-order valence-electron chi connectivity index (χ0n) is 10.4. The van der Waals surface area contributed by atoms with E-state index in [1.165, 1.54) is 0 Å². The van der Waals surface area contributed by atoms with E-state index in [0.717, 1.165) is 19.4 Å². The van der Waals surface area contributed by atoms with Crippen molar-refractivity contribution in [2.24, 2.45) is 0 Å². The highest BCUT2D eigenvalue weighted by Gasteiger charge is 2.16. The SMILES string of the molecule is O=C(CNc1cc(Cl)ccc1Cl)NCC1CCCO1. The van der Waals surface area contributed by atoms with Gasteiger partial charge in [0.25, 0.3) is 0 Å². The lowest BCUT2D eigenvalue weighted by Crippen LogP contribution is -2.35. The largest absolute Gasteiger partial charge is 0.376 e. The lowest BCUT2D eigenvalue weighted by atomic mass is 10.2. The second-order valence-electron chi connectivity index (χ2n) is 4.42. The van der Waals surface area contributed by atoms with E-state index < -0.39 is 0 Å². The number of benzene rings is 1. The molecule has 1 saturated heterocycles. The van der Waals surface area contributed by atoms with Gasteiger partial charge in [0, 0.05) is 18.2 Å². The van der Waals surface area contributed by atoms with E-state index in [0.29, 0.717) is 22.3 Å². The number of halogens is 2. The second-order valence-corrected chi connectivity index (χ2v) is 5.26. The lowest BCUT2D eigenvalue weighted by molar-refractivity contribution is -0.119. The Bertz CT molecular complexity index is 448. The Hall–Kier alpha value is -0.970. The maximum atomic E-state index is 11.7. The van der Waals surface area contributed by atoms with Crippen LogP contribution in [0.5, 0.6) is 0 Å². The molecule has 2 N–H and O–H groups in total. The lowest BCUT2D eigenvalue weighted by Gasteiger charge is -2.12. The average molecular weight is 303 g/mol. The van der Waals surface area contributed by atoms with Gasteiger partial charge in [0.05, 0.1) is 23.4 Å². The highest BCUT2D eigenvalue weighted by molar-refractivity contribution is 6.35. The number of carbonyl (C=O) groups excluding carboxylic acids is 1. The molecule has 19 heavy (non-hydrogen) atoms. The molecule has 1 fully saturated rings. The average Bonchev–Trinajstić information content (AvgIpc) is 2.90. The van der Waals surface area contributed by atoms with Crippen LogP contribution in [-0.4, -0.2) is 31.7 Å². The molecule has 1 atom stereocenters. The van der Waals surface area contributed by atoms with Crippen molar-refractivity contribution in [3.05, 3.63) is 28.2 Å². The fourth-order valence-electron chi connectivity index (χ4n) is 1.90. The van der Waals surface area contributed by atoms with Gasteiger partial charge in [-0.05, 0) is 31.0 Å². The van der Waals surface area contributed by atoms with Crippen LogP contribution in [0.3, 0.4) is 0 Å². The Balaban J connectivity index is 1.74. The quantitative estimate of drug-likeness (QED) is 0.879. The summed E-state index contributed by atoms with van der Waals surface area (Å²) in [4.78, 5) is 11.7. The number of nitrogens with one attached hydrogen (secondary N) is 2. The van der Waals surface area contributed by atoms with Crippen LogP contribution in [0.25, 0.3) is 0 Å². The molecule has 0 radical (unpaired) electrons. The molecule has 0 aliphatic carbocycles. The van der Waals surface area contributed by atoms with E-state index in [1.807, 2.05) is 0 Å². The summed E-state index contributed by atoms with van der Waals surface area (Å²) < 4.78 is 5.43. The van der Waals surface area contributed by atoms with Crippen molar-refractivity contribution in [3.8, 4) is 0 Å². The third kappa shape index (κ3) is 4.56. The summed E-state index contributed by atoms with van der Waals surface area (Å²) >= 11 is 11.9. The molecule has 1 aliphatic rings. The molecular weight excluding hydrogens is 287 g/mol. The third-order valence-corrected chi connectivity index (χ3v) is 3.48. The summed E-state index contributed by atoms with van der Waals surface area (Å²) in [6.07, 6.45) is 2.23. The predicted octanol–water partition coefficient (Wildman–Crippen LogP) is 2.70. The number of carbonyl (C=O) groups is 1. The molecule has 1 amide bonds. The van der Waals surface area contributed by atoms with Crippen molar-refractivity contribution in [3.63, 3.8) is 0 Å². The topological polar surface area (TPSA) is 50.4 Å². The maximum Gasteiger partial charge on any atom is 0.239 e. The minimum absolute atomic E-state index is 0.0912. The molecule has 0 spiro atoms. The van der Waals surface area contributed by atoms with Crippen molar-refractivity contribution in [1.82, 2.24) is 5.32 Å². The second kappa shape index (κ2) is 6.98. The Morgan fingerprint density at radius 1 is 1.42 bits per heavy atom. The number of rotatable bonds is 5. The molecule has 1 aromatic rings. The van der Waals surface area contributed by atoms with Gasteiger partial charge >= 0.3 is 0 Å². The molecule has 0 aromatic heterocycles. The zero-order valence-corrected chi connectivity index (χ0v) is 11.9. The molecule has 4 nitrogen and oxygen atoms in total. The first kappa shape index (κ1) is 14.4. The minimum Gasteiger partial charge on any atom is -0.376 e.